The topological polar surface area (TPSA) is 197 Å². The fourth-order valence-corrected chi connectivity index (χ4v) is 5.52. The van der Waals surface area contributed by atoms with E-state index in [4.69, 9.17) is 37.8 Å². The largest absolute Gasteiger partial charge is 0.506 e. The van der Waals surface area contributed by atoms with Crippen LogP contribution in [0.4, 0.5) is 0 Å². The highest BCUT2D eigenvalue weighted by Crippen LogP contribution is 2.38. The number of aliphatic carboxylic acids is 1. The quantitative estimate of drug-likeness (QED) is 0.235. The van der Waals surface area contributed by atoms with Gasteiger partial charge in [0.2, 0.25) is 0 Å². The van der Waals surface area contributed by atoms with Crippen molar-refractivity contribution < 1.29 is 53.9 Å². The second kappa shape index (κ2) is 13.4. The van der Waals surface area contributed by atoms with E-state index in [1.165, 1.54) is 6.07 Å². The van der Waals surface area contributed by atoms with Crippen molar-refractivity contribution in [2.75, 3.05) is 0 Å². The Labute approximate surface area is 266 Å². The SMILES string of the molecule is C[C@@H]1Cc2c(Cl)cc(C(=O)N[C@@H](Cc3ccccc3)C(=O)O)c(O)c2C(=O)O1.C[C@@H]1Cc2c(Cl)cc(C(=O)O)c(O)c2C(=O)O1. The lowest BCUT2D eigenvalue weighted by atomic mass is 9.95. The minimum absolute atomic E-state index is 0.0565. The van der Waals surface area contributed by atoms with Crippen LogP contribution in [0.1, 0.15) is 72.0 Å². The van der Waals surface area contributed by atoms with E-state index in [9.17, 15) is 39.3 Å². The molecule has 2 aliphatic rings. The van der Waals surface area contributed by atoms with Crippen molar-refractivity contribution >= 4 is 53.0 Å². The summed E-state index contributed by atoms with van der Waals surface area (Å²) < 4.78 is 10.0. The first kappa shape index (κ1) is 33.1. The van der Waals surface area contributed by atoms with E-state index >= 15 is 0 Å². The lowest BCUT2D eigenvalue weighted by Gasteiger charge is -2.24. The molecule has 14 heteroatoms. The van der Waals surface area contributed by atoms with Crippen LogP contribution in [0.25, 0.3) is 0 Å². The molecule has 0 aromatic heterocycles. The lowest BCUT2D eigenvalue weighted by Crippen LogP contribution is -2.42. The average Bonchev–Trinajstić information content (AvgIpc) is 2.96. The van der Waals surface area contributed by atoms with Gasteiger partial charge in [0, 0.05) is 29.3 Å². The van der Waals surface area contributed by atoms with Gasteiger partial charge in [0.25, 0.3) is 5.91 Å². The molecule has 2 heterocycles. The molecular weight excluding hydrogens is 633 g/mol. The molecular formula is C31H27Cl2NO11. The molecule has 0 bridgehead atoms. The number of aromatic hydroxyl groups is 2. The number of rotatable bonds is 6. The van der Waals surface area contributed by atoms with E-state index in [-0.39, 0.29) is 39.3 Å². The van der Waals surface area contributed by atoms with Crippen molar-refractivity contribution in [1.82, 2.24) is 5.32 Å². The van der Waals surface area contributed by atoms with Gasteiger partial charge in [0.1, 0.15) is 46.4 Å². The summed E-state index contributed by atoms with van der Waals surface area (Å²) in [6.07, 6.45) is -0.0310. The Morgan fingerprint density at radius 2 is 1.31 bits per heavy atom. The average molecular weight is 660 g/mol. The Hall–Kier alpha value is -4.81. The highest BCUT2D eigenvalue weighted by atomic mass is 35.5. The lowest BCUT2D eigenvalue weighted by molar-refractivity contribution is -0.139. The summed E-state index contributed by atoms with van der Waals surface area (Å²) in [6, 6.07) is 9.96. The van der Waals surface area contributed by atoms with Crippen molar-refractivity contribution in [2.24, 2.45) is 0 Å². The Balaban J connectivity index is 0.000000231. The van der Waals surface area contributed by atoms with E-state index in [1.54, 1.807) is 44.2 Å². The molecule has 0 fully saturated rings. The summed E-state index contributed by atoms with van der Waals surface area (Å²) in [5.74, 6) is -6.11. The van der Waals surface area contributed by atoms with Gasteiger partial charge in [-0.2, -0.15) is 0 Å². The number of cyclic esters (lactones) is 2. The molecule has 0 radical (unpaired) electrons. The van der Waals surface area contributed by atoms with Crippen LogP contribution in [-0.4, -0.2) is 68.5 Å². The number of amides is 1. The molecule has 3 aromatic rings. The highest BCUT2D eigenvalue weighted by molar-refractivity contribution is 6.33. The number of hydrogen-bond donors (Lipinski definition) is 5. The van der Waals surface area contributed by atoms with Gasteiger partial charge in [-0.15, -0.1) is 0 Å². The number of phenols is 2. The number of ether oxygens (including phenoxy) is 2. The molecule has 1 amide bonds. The minimum Gasteiger partial charge on any atom is -0.506 e. The smallest absolute Gasteiger partial charge is 0.342 e. The van der Waals surface area contributed by atoms with Crippen molar-refractivity contribution in [1.29, 1.82) is 0 Å². The number of esters is 2. The van der Waals surface area contributed by atoms with Crippen LogP contribution >= 0.6 is 23.2 Å². The summed E-state index contributed by atoms with van der Waals surface area (Å²) in [4.78, 5) is 58.8. The third-order valence-electron chi connectivity index (χ3n) is 7.08. The maximum Gasteiger partial charge on any atom is 0.342 e. The van der Waals surface area contributed by atoms with Crippen molar-refractivity contribution in [3.63, 3.8) is 0 Å². The monoisotopic (exact) mass is 659 g/mol. The number of phenolic OH excluding ortho intramolecular Hbond substituents is 1. The van der Waals surface area contributed by atoms with Gasteiger partial charge in [-0.1, -0.05) is 53.5 Å². The van der Waals surface area contributed by atoms with Crippen LogP contribution < -0.4 is 5.32 Å². The number of benzene rings is 3. The van der Waals surface area contributed by atoms with Crippen LogP contribution in [0.2, 0.25) is 10.0 Å². The summed E-state index contributed by atoms with van der Waals surface area (Å²) in [7, 11) is 0. The number of hydrogen-bond acceptors (Lipinski definition) is 9. The second-order valence-corrected chi connectivity index (χ2v) is 11.2. The number of carbonyl (C=O) groups is 5. The minimum atomic E-state index is -1.35. The van der Waals surface area contributed by atoms with Crippen LogP contribution in [0.3, 0.4) is 0 Å². The zero-order valence-corrected chi connectivity index (χ0v) is 25.3. The molecule has 12 nitrogen and oxygen atoms in total. The Morgan fingerprint density at radius 3 is 1.78 bits per heavy atom. The number of carbonyl (C=O) groups excluding carboxylic acids is 3. The standard InChI is InChI=1S/C20H18ClNO6.C11H9ClO5/c1-10-7-12-14(21)9-13(17(23)16(12)20(27)28-10)18(24)22-15(19(25)26)8-11-5-3-2-4-6-11;1-4-2-5-7(12)3-6(10(14)15)9(13)8(5)11(16)17-4/h2-6,9-10,15,23H,7-8H2,1H3,(H,22,24)(H,25,26);3-4,13H,2H2,1H3,(H,14,15)/t10-,15+;4-/m11/s1. The zero-order valence-electron chi connectivity index (χ0n) is 23.8. The first-order valence-electron chi connectivity index (χ1n) is 13.5. The molecule has 45 heavy (non-hydrogen) atoms. The van der Waals surface area contributed by atoms with E-state index in [0.717, 1.165) is 11.6 Å². The van der Waals surface area contributed by atoms with E-state index in [1.807, 2.05) is 0 Å². The Kier molecular flexibility index (Phi) is 9.89. The molecule has 0 saturated carbocycles. The predicted octanol–water partition coefficient (Wildman–Crippen LogP) is 4.42. The molecule has 5 rings (SSSR count). The molecule has 236 valence electrons. The van der Waals surface area contributed by atoms with Gasteiger partial charge in [0.05, 0.1) is 5.56 Å². The van der Waals surface area contributed by atoms with Gasteiger partial charge in [-0.05, 0) is 42.7 Å². The number of nitrogens with one attached hydrogen (secondary N) is 1. The van der Waals surface area contributed by atoms with Gasteiger partial charge >= 0.3 is 23.9 Å². The van der Waals surface area contributed by atoms with Crippen molar-refractivity contribution in [3.05, 3.63) is 91.5 Å². The first-order chi connectivity index (χ1) is 21.2. The first-order valence-corrected chi connectivity index (χ1v) is 14.3. The van der Waals surface area contributed by atoms with Crippen molar-refractivity contribution in [3.8, 4) is 11.5 Å². The normalized spacial score (nSPS) is 17.3. The molecule has 0 unspecified atom stereocenters. The fourth-order valence-electron chi connectivity index (χ4n) is 4.96. The number of carboxylic acid groups (broad SMARTS) is 2. The second-order valence-electron chi connectivity index (χ2n) is 10.4. The Bertz CT molecular complexity index is 1710. The van der Waals surface area contributed by atoms with Gasteiger partial charge in [0.15, 0.2) is 0 Å². The number of halogens is 2. The van der Waals surface area contributed by atoms with Crippen LogP contribution in [-0.2, 0) is 33.5 Å². The maximum absolute atomic E-state index is 12.6. The van der Waals surface area contributed by atoms with Crippen LogP contribution in [0.5, 0.6) is 11.5 Å². The third kappa shape index (κ3) is 7.13. The van der Waals surface area contributed by atoms with E-state index in [0.29, 0.717) is 24.0 Å². The Morgan fingerprint density at radius 1 is 0.844 bits per heavy atom. The molecule has 3 atom stereocenters. The highest BCUT2D eigenvalue weighted by Gasteiger charge is 2.34. The summed E-state index contributed by atoms with van der Waals surface area (Å²) in [5.41, 5.74) is 0.561. The number of aromatic carboxylic acids is 1. The number of fused-ring (bicyclic) bond motifs is 2. The fraction of sp³-hybridized carbons (Fsp3) is 0.258. The van der Waals surface area contributed by atoms with Gasteiger partial charge < -0.3 is 35.2 Å². The predicted molar refractivity (Wildman–Crippen MR) is 159 cm³/mol. The maximum atomic E-state index is 12.6. The van der Waals surface area contributed by atoms with Crippen LogP contribution in [0, 0.1) is 0 Å². The van der Waals surface area contributed by atoms with Crippen molar-refractivity contribution in [2.45, 2.75) is 51.4 Å². The molecule has 0 spiro atoms. The molecule has 0 aliphatic carbocycles. The molecule has 0 saturated heterocycles. The zero-order chi connectivity index (χ0) is 33.2. The third-order valence-corrected chi connectivity index (χ3v) is 7.75. The molecule has 5 N–H and O–H groups in total. The summed E-state index contributed by atoms with van der Waals surface area (Å²) in [5, 5.41) is 41.2. The van der Waals surface area contributed by atoms with Gasteiger partial charge in [-0.3, -0.25) is 4.79 Å². The molecule has 3 aromatic carbocycles. The van der Waals surface area contributed by atoms with Crippen LogP contribution in [0.15, 0.2) is 42.5 Å². The van der Waals surface area contributed by atoms with E-state index < -0.39 is 59.0 Å². The van der Waals surface area contributed by atoms with E-state index in [2.05, 4.69) is 5.32 Å². The number of carboxylic acids is 2. The van der Waals surface area contributed by atoms with Gasteiger partial charge in [-0.25, -0.2) is 19.2 Å². The molecule has 2 aliphatic heterocycles. The summed E-state index contributed by atoms with van der Waals surface area (Å²) >= 11 is 12.1. The summed E-state index contributed by atoms with van der Waals surface area (Å²) in [6.45, 7) is 3.38.